The van der Waals surface area contributed by atoms with Gasteiger partial charge in [0.25, 0.3) is 0 Å². The normalized spacial score (nSPS) is 23.0. The lowest BCUT2D eigenvalue weighted by atomic mass is 9.77. The lowest BCUT2D eigenvalue weighted by Gasteiger charge is -2.40. The minimum Gasteiger partial charge on any atom is -0.368 e. The maximum absolute atomic E-state index is 5.90. The van der Waals surface area contributed by atoms with Gasteiger partial charge in [0, 0.05) is 43.5 Å². The third kappa shape index (κ3) is 2.50. The Hall–Kier alpha value is -2.40. The van der Waals surface area contributed by atoms with E-state index in [1.807, 2.05) is 6.20 Å². The summed E-state index contributed by atoms with van der Waals surface area (Å²) < 4.78 is 2.20. The minimum atomic E-state index is 0.166. The predicted molar refractivity (Wildman–Crippen MR) is 104 cm³/mol. The quantitative estimate of drug-likeness (QED) is 0.774. The highest BCUT2D eigenvalue weighted by Crippen LogP contribution is 2.44. The summed E-state index contributed by atoms with van der Waals surface area (Å²) in [4.78, 5) is 11.5. The van der Waals surface area contributed by atoms with Crippen molar-refractivity contribution in [3.05, 3.63) is 53.5 Å². The van der Waals surface area contributed by atoms with Crippen LogP contribution < -0.4 is 5.73 Å². The molecule has 134 valence electrons. The summed E-state index contributed by atoms with van der Waals surface area (Å²) in [5.41, 5.74) is 11.3. The van der Waals surface area contributed by atoms with Gasteiger partial charge < -0.3 is 10.3 Å². The molecule has 1 aromatic carbocycles. The van der Waals surface area contributed by atoms with Crippen molar-refractivity contribution >= 4 is 16.9 Å². The number of nitrogens with zero attached hydrogens (tertiary/aromatic N) is 4. The van der Waals surface area contributed by atoms with E-state index in [1.54, 1.807) is 0 Å². The van der Waals surface area contributed by atoms with Gasteiger partial charge in [0.1, 0.15) is 0 Å². The van der Waals surface area contributed by atoms with Gasteiger partial charge in [-0.15, -0.1) is 0 Å². The van der Waals surface area contributed by atoms with Gasteiger partial charge in [0.15, 0.2) is 0 Å². The number of anilines is 1. The summed E-state index contributed by atoms with van der Waals surface area (Å²) in [5.74, 6) is 0.413. The monoisotopic (exact) mass is 347 g/mol. The summed E-state index contributed by atoms with van der Waals surface area (Å²) in [6.07, 6.45) is 8.75. The lowest BCUT2D eigenvalue weighted by Crippen LogP contribution is -2.45. The first-order chi connectivity index (χ1) is 12.6. The molecule has 2 aromatic heterocycles. The zero-order valence-corrected chi connectivity index (χ0v) is 15.3. The van der Waals surface area contributed by atoms with Crippen LogP contribution in [0.4, 0.5) is 5.95 Å². The number of benzene rings is 1. The Morgan fingerprint density at radius 1 is 1.23 bits per heavy atom. The summed E-state index contributed by atoms with van der Waals surface area (Å²) in [5, 5.41) is 1.31. The van der Waals surface area contributed by atoms with Crippen molar-refractivity contribution in [2.45, 2.75) is 37.6 Å². The fourth-order valence-corrected chi connectivity index (χ4v) is 4.98. The van der Waals surface area contributed by atoms with Crippen LogP contribution >= 0.6 is 0 Å². The van der Waals surface area contributed by atoms with Crippen LogP contribution in [-0.4, -0.2) is 32.5 Å². The third-order valence-electron chi connectivity index (χ3n) is 6.27. The number of nitrogens with two attached hydrogens (primary N) is 1. The number of rotatable bonds is 2. The summed E-state index contributed by atoms with van der Waals surface area (Å²) in [6.45, 7) is 3.23. The molecule has 0 radical (unpaired) electrons. The van der Waals surface area contributed by atoms with Crippen molar-refractivity contribution in [3.63, 3.8) is 0 Å². The maximum atomic E-state index is 5.90. The lowest BCUT2D eigenvalue weighted by molar-refractivity contribution is 0.137. The van der Waals surface area contributed by atoms with E-state index in [2.05, 4.69) is 56.9 Å². The number of fused-ring (bicyclic) bond motifs is 3. The van der Waals surface area contributed by atoms with Gasteiger partial charge in [-0.25, -0.2) is 9.97 Å². The van der Waals surface area contributed by atoms with Crippen molar-refractivity contribution in [3.8, 4) is 0 Å². The topological polar surface area (TPSA) is 60.0 Å². The Kier molecular flexibility index (Phi) is 3.54. The zero-order valence-electron chi connectivity index (χ0n) is 15.3. The number of hydrogen-bond acceptors (Lipinski definition) is 4. The van der Waals surface area contributed by atoms with Crippen LogP contribution in [0.3, 0.4) is 0 Å². The first kappa shape index (κ1) is 15.8. The maximum Gasteiger partial charge on any atom is 0.220 e. The largest absolute Gasteiger partial charge is 0.368 e. The standard InChI is InChI=1S/C21H25N5/c1-25-10-6-16-4-3-15(11-18(16)25)13-26-9-2-7-21(14-26)8-5-17-12-23-20(22)24-19(17)21/h3-4,6,10-12H,2,5,7-9,13-14H2,1H3,(H2,22,23,24). The molecule has 5 nitrogen and oxygen atoms in total. The second-order valence-electron chi connectivity index (χ2n) is 8.02. The van der Waals surface area contributed by atoms with Crippen molar-refractivity contribution in [2.24, 2.45) is 7.05 Å². The molecule has 0 amide bonds. The third-order valence-corrected chi connectivity index (χ3v) is 6.27. The molecule has 1 fully saturated rings. The van der Waals surface area contributed by atoms with E-state index in [1.165, 1.54) is 47.0 Å². The van der Waals surface area contributed by atoms with Crippen LogP contribution in [0.2, 0.25) is 0 Å². The Balaban J connectivity index is 1.41. The minimum absolute atomic E-state index is 0.166. The summed E-state index contributed by atoms with van der Waals surface area (Å²) >= 11 is 0. The molecule has 26 heavy (non-hydrogen) atoms. The van der Waals surface area contributed by atoms with Crippen LogP contribution in [0.15, 0.2) is 36.7 Å². The van der Waals surface area contributed by atoms with Gasteiger partial charge in [0.2, 0.25) is 5.95 Å². The van der Waals surface area contributed by atoms with Crippen LogP contribution in [0.1, 0.15) is 36.1 Å². The second-order valence-corrected chi connectivity index (χ2v) is 8.02. The Bertz CT molecular complexity index is 972. The highest BCUT2D eigenvalue weighted by Gasteiger charge is 2.43. The van der Waals surface area contributed by atoms with Crippen molar-refractivity contribution in [1.29, 1.82) is 0 Å². The van der Waals surface area contributed by atoms with E-state index < -0.39 is 0 Å². The van der Waals surface area contributed by atoms with E-state index in [4.69, 9.17) is 5.73 Å². The smallest absolute Gasteiger partial charge is 0.220 e. The molecule has 1 spiro atoms. The zero-order chi connectivity index (χ0) is 17.7. The van der Waals surface area contributed by atoms with Crippen molar-refractivity contribution < 1.29 is 0 Å². The second kappa shape index (κ2) is 5.81. The molecule has 1 atom stereocenters. The van der Waals surface area contributed by atoms with E-state index in [-0.39, 0.29) is 5.41 Å². The first-order valence-corrected chi connectivity index (χ1v) is 9.51. The molecule has 1 saturated heterocycles. The van der Waals surface area contributed by atoms with Crippen molar-refractivity contribution in [1.82, 2.24) is 19.4 Å². The van der Waals surface area contributed by atoms with E-state index in [0.717, 1.165) is 26.1 Å². The summed E-state index contributed by atoms with van der Waals surface area (Å²) in [6, 6.07) is 9.02. The first-order valence-electron chi connectivity index (χ1n) is 9.51. The molecule has 3 aromatic rings. The van der Waals surface area contributed by atoms with Gasteiger partial charge in [-0.1, -0.05) is 12.1 Å². The molecule has 1 aliphatic carbocycles. The van der Waals surface area contributed by atoms with Gasteiger partial charge in [-0.2, -0.15) is 0 Å². The molecule has 5 rings (SSSR count). The molecule has 2 N–H and O–H groups in total. The van der Waals surface area contributed by atoms with Gasteiger partial charge >= 0.3 is 0 Å². The molecule has 3 heterocycles. The molecular weight excluding hydrogens is 322 g/mol. The summed E-state index contributed by atoms with van der Waals surface area (Å²) in [7, 11) is 2.11. The number of hydrogen-bond donors (Lipinski definition) is 1. The van der Waals surface area contributed by atoms with Crippen molar-refractivity contribution in [2.75, 3.05) is 18.8 Å². The number of aromatic nitrogens is 3. The molecule has 0 saturated carbocycles. The molecule has 0 bridgehead atoms. The highest BCUT2D eigenvalue weighted by molar-refractivity contribution is 5.80. The van der Waals surface area contributed by atoms with E-state index in [9.17, 15) is 0 Å². The molecule has 1 aliphatic heterocycles. The van der Waals surface area contributed by atoms with Crippen LogP contribution in [-0.2, 0) is 25.4 Å². The fraction of sp³-hybridized carbons (Fsp3) is 0.429. The number of aryl methyl sites for hydroxylation is 2. The number of piperidine rings is 1. The van der Waals surface area contributed by atoms with Gasteiger partial charge in [-0.3, -0.25) is 4.90 Å². The Morgan fingerprint density at radius 3 is 3.08 bits per heavy atom. The van der Waals surface area contributed by atoms with Gasteiger partial charge in [-0.05, 0) is 60.9 Å². The van der Waals surface area contributed by atoms with Crippen LogP contribution in [0.25, 0.3) is 10.9 Å². The average Bonchev–Trinajstić information content (AvgIpc) is 3.17. The molecule has 5 heteroatoms. The number of nitrogen functional groups attached to an aromatic ring is 1. The van der Waals surface area contributed by atoms with E-state index in [0.29, 0.717) is 5.95 Å². The SMILES string of the molecule is Cn1ccc2ccc(CN3CCCC4(CCc5cnc(N)nc54)C3)cc21. The van der Waals surface area contributed by atoms with Crippen LogP contribution in [0, 0.1) is 0 Å². The molecule has 2 aliphatic rings. The van der Waals surface area contributed by atoms with Crippen LogP contribution in [0.5, 0.6) is 0 Å². The number of likely N-dealkylation sites (tertiary alicyclic amines) is 1. The van der Waals surface area contributed by atoms with E-state index >= 15 is 0 Å². The fourth-order valence-electron chi connectivity index (χ4n) is 4.98. The highest BCUT2D eigenvalue weighted by atomic mass is 15.1. The molecular formula is C21H25N5. The van der Waals surface area contributed by atoms with Gasteiger partial charge in [0.05, 0.1) is 5.69 Å². The predicted octanol–water partition coefficient (Wildman–Crippen LogP) is 3.03. The average molecular weight is 347 g/mol. The molecule has 1 unspecified atom stereocenters. The Labute approximate surface area is 153 Å². The Morgan fingerprint density at radius 2 is 2.15 bits per heavy atom.